The third kappa shape index (κ3) is 4.20. The minimum absolute atomic E-state index is 0.217. The molecule has 0 bridgehead atoms. The number of piperazine rings is 1. The molecule has 164 valence electrons. The van der Waals surface area contributed by atoms with E-state index in [9.17, 15) is 4.79 Å². The fourth-order valence-corrected chi connectivity index (χ4v) is 4.54. The molecule has 0 unspecified atom stereocenters. The highest BCUT2D eigenvalue weighted by molar-refractivity contribution is 5.95. The molecular formula is C25H28N6O. The summed E-state index contributed by atoms with van der Waals surface area (Å²) in [5, 5.41) is 2.87. The molecule has 2 aliphatic rings. The monoisotopic (exact) mass is 428 g/mol. The molecule has 1 aromatic heterocycles. The van der Waals surface area contributed by atoms with Crippen LogP contribution in [0.15, 0.2) is 54.9 Å². The summed E-state index contributed by atoms with van der Waals surface area (Å²) in [5.74, 6) is 6.05. The molecule has 0 aliphatic carbocycles. The number of amides is 1. The highest BCUT2D eigenvalue weighted by Gasteiger charge is 2.31. The van der Waals surface area contributed by atoms with Gasteiger partial charge in [0.15, 0.2) is 0 Å². The summed E-state index contributed by atoms with van der Waals surface area (Å²) in [7, 11) is 2.18. The maximum atomic E-state index is 12.7. The second kappa shape index (κ2) is 9.03. The first kappa shape index (κ1) is 20.6. The van der Waals surface area contributed by atoms with E-state index in [2.05, 4.69) is 50.0 Å². The Kier molecular flexibility index (Phi) is 5.80. The molecule has 3 heterocycles. The normalized spacial score (nSPS) is 17.6. The zero-order chi connectivity index (χ0) is 21.9. The predicted molar refractivity (Wildman–Crippen MR) is 127 cm³/mol. The number of imidazole rings is 1. The predicted octanol–water partition coefficient (Wildman–Crippen LogP) is 2.08. The number of carbonyl (C=O) groups excluding carboxylic acids is 1. The lowest BCUT2D eigenvalue weighted by atomic mass is 10.1. The summed E-state index contributed by atoms with van der Waals surface area (Å²) >= 11 is 0. The van der Waals surface area contributed by atoms with Gasteiger partial charge in [0.25, 0.3) is 0 Å². The molecule has 3 aromatic rings. The smallest absolute Gasteiger partial charge is 0.328 e. The second-order valence-electron chi connectivity index (χ2n) is 8.48. The van der Waals surface area contributed by atoms with Gasteiger partial charge in [0, 0.05) is 50.9 Å². The molecule has 2 fully saturated rings. The molecule has 7 heteroatoms. The molecule has 32 heavy (non-hydrogen) atoms. The minimum Gasteiger partial charge on any atom is -0.367 e. The number of hydrogen-bond acceptors (Lipinski definition) is 5. The molecule has 0 radical (unpaired) electrons. The van der Waals surface area contributed by atoms with Crippen molar-refractivity contribution in [3.05, 3.63) is 60.4 Å². The molecule has 0 spiro atoms. The number of para-hydroxylation sites is 1. The van der Waals surface area contributed by atoms with Gasteiger partial charge in [-0.05, 0) is 31.3 Å². The van der Waals surface area contributed by atoms with E-state index in [4.69, 9.17) is 0 Å². The van der Waals surface area contributed by atoms with Crippen LogP contribution in [-0.2, 0) is 0 Å². The summed E-state index contributed by atoms with van der Waals surface area (Å²) in [6.07, 6.45) is 1.61. The SMILES string of the molecule is CN1CC(N2CCN(c3cccc4c3ncn4C(=O)NCC#Cc3ccccc3)CC2)C1. The first-order valence-electron chi connectivity index (χ1n) is 11.1. The Morgan fingerprint density at radius 2 is 1.84 bits per heavy atom. The molecule has 2 aromatic carbocycles. The molecule has 0 saturated carbocycles. The fraction of sp³-hybridized carbons (Fsp3) is 0.360. The van der Waals surface area contributed by atoms with E-state index in [1.165, 1.54) is 13.1 Å². The molecule has 2 saturated heterocycles. The van der Waals surface area contributed by atoms with E-state index >= 15 is 0 Å². The van der Waals surface area contributed by atoms with Gasteiger partial charge < -0.3 is 15.1 Å². The summed E-state index contributed by atoms with van der Waals surface area (Å²) in [5.41, 5.74) is 3.72. The topological polar surface area (TPSA) is 56.6 Å². The number of nitrogens with zero attached hydrogens (tertiary/aromatic N) is 5. The van der Waals surface area contributed by atoms with Gasteiger partial charge in [-0.3, -0.25) is 9.47 Å². The van der Waals surface area contributed by atoms with Crippen LogP contribution in [0.5, 0.6) is 0 Å². The summed E-state index contributed by atoms with van der Waals surface area (Å²) in [4.78, 5) is 24.7. The van der Waals surface area contributed by atoms with Gasteiger partial charge in [-0.2, -0.15) is 0 Å². The molecule has 1 N–H and O–H groups in total. The Hall–Kier alpha value is -3.34. The minimum atomic E-state index is -0.217. The van der Waals surface area contributed by atoms with Crippen LogP contribution in [-0.4, -0.2) is 84.3 Å². The summed E-state index contributed by atoms with van der Waals surface area (Å²) < 4.78 is 1.57. The van der Waals surface area contributed by atoms with Gasteiger partial charge in [-0.25, -0.2) is 9.78 Å². The van der Waals surface area contributed by atoms with Crippen molar-refractivity contribution in [2.24, 2.45) is 0 Å². The van der Waals surface area contributed by atoms with E-state index in [1.54, 1.807) is 10.9 Å². The lowest BCUT2D eigenvalue weighted by Crippen LogP contribution is -2.62. The zero-order valence-electron chi connectivity index (χ0n) is 18.4. The number of hydrogen-bond donors (Lipinski definition) is 1. The summed E-state index contributed by atoms with van der Waals surface area (Å²) in [6.45, 7) is 6.72. The van der Waals surface area contributed by atoms with Crippen molar-refractivity contribution >= 4 is 22.8 Å². The third-order valence-electron chi connectivity index (χ3n) is 6.32. The number of aromatic nitrogens is 2. The largest absolute Gasteiger partial charge is 0.367 e. The lowest BCUT2D eigenvalue weighted by molar-refractivity contribution is 0.0488. The zero-order valence-corrected chi connectivity index (χ0v) is 18.4. The van der Waals surface area contributed by atoms with Crippen LogP contribution in [0.1, 0.15) is 5.56 Å². The van der Waals surface area contributed by atoms with Crippen LogP contribution in [0.2, 0.25) is 0 Å². The number of anilines is 1. The molecule has 5 rings (SSSR count). The number of likely N-dealkylation sites (N-methyl/N-ethyl adjacent to an activating group) is 1. The number of likely N-dealkylation sites (tertiary alicyclic amines) is 1. The van der Waals surface area contributed by atoms with Gasteiger partial charge in [0.1, 0.15) is 11.8 Å². The second-order valence-corrected chi connectivity index (χ2v) is 8.48. The average molecular weight is 429 g/mol. The average Bonchev–Trinajstić information content (AvgIpc) is 3.25. The van der Waals surface area contributed by atoms with E-state index in [-0.39, 0.29) is 12.6 Å². The summed E-state index contributed by atoms with van der Waals surface area (Å²) in [6, 6.07) is 16.3. The molecule has 7 nitrogen and oxygen atoms in total. The van der Waals surface area contributed by atoms with Gasteiger partial charge in [0.2, 0.25) is 0 Å². The van der Waals surface area contributed by atoms with Crippen LogP contribution in [0.25, 0.3) is 11.0 Å². The van der Waals surface area contributed by atoms with Crippen molar-refractivity contribution in [3.8, 4) is 11.8 Å². The molecular weight excluding hydrogens is 400 g/mol. The van der Waals surface area contributed by atoms with Crippen LogP contribution >= 0.6 is 0 Å². The quantitative estimate of drug-likeness (QED) is 0.648. The number of rotatable bonds is 3. The Morgan fingerprint density at radius 3 is 2.59 bits per heavy atom. The van der Waals surface area contributed by atoms with Gasteiger partial charge in [0.05, 0.1) is 17.7 Å². The Morgan fingerprint density at radius 1 is 1.06 bits per heavy atom. The van der Waals surface area contributed by atoms with E-state index in [0.717, 1.165) is 48.5 Å². The molecule has 2 aliphatic heterocycles. The highest BCUT2D eigenvalue weighted by atomic mass is 16.2. The van der Waals surface area contributed by atoms with Crippen molar-refractivity contribution < 1.29 is 4.79 Å². The van der Waals surface area contributed by atoms with Crippen molar-refractivity contribution in [2.75, 3.05) is 57.8 Å². The van der Waals surface area contributed by atoms with Crippen LogP contribution < -0.4 is 10.2 Å². The first-order chi connectivity index (χ1) is 15.7. The van der Waals surface area contributed by atoms with Gasteiger partial charge in [-0.1, -0.05) is 36.1 Å². The van der Waals surface area contributed by atoms with Crippen molar-refractivity contribution in [1.82, 2.24) is 24.7 Å². The first-order valence-corrected chi connectivity index (χ1v) is 11.1. The van der Waals surface area contributed by atoms with Crippen LogP contribution in [0.4, 0.5) is 10.5 Å². The van der Waals surface area contributed by atoms with Crippen molar-refractivity contribution in [1.29, 1.82) is 0 Å². The maximum Gasteiger partial charge on any atom is 0.328 e. The molecule has 1 amide bonds. The number of benzene rings is 2. The van der Waals surface area contributed by atoms with Crippen LogP contribution in [0.3, 0.4) is 0 Å². The number of carbonyl (C=O) groups is 1. The third-order valence-corrected chi connectivity index (χ3v) is 6.32. The van der Waals surface area contributed by atoms with Crippen LogP contribution in [0, 0.1) is 11.8 Å². The number of nitrogens with one attached hydrogen (secondary N) is 1. The van der Waals surface area contributed by atoms with Crippen molar-refractivity contribution in [3.63, 3.8) is 0 Å². The van der Waals surface area contributed by atoms with Gasteiger partial charge in [-0.15, -0.1) is 0 Å². The Bertz CT molecular complexity index is 1150. The van der Waals surface area contributed by atoms with Gasteiger partial charge >= 0.3 is 6.03 Å². The number of fused-ring (bicyclic) bond motifs is 1. The standard InChI is InChI=1S/C25H28N6O/c1-28-17-21(18-28)29-13-15-30(16-14-29)22-10-5-11-23-24(22)27-19-31(23)25(32)26-12-6-9-20-7-3-2-4-8-20/h2-5,7-8,10-11,19,21H,12-18H2,1H3,(H,26,32). The Labute approximate surface area is 188 Å². The Balaban J connectivity index is 1.24. The van der Waals surface area contributed by atoms with Crippen molar-refractivity contribution in [2.45, 2.75) is 6.04 Å². The van der Waals surface area contributed by atoms with E-state index in [0.29, 0.717) is 6.04 Å². The van der Waals surface area contributed by atoms with E-state index < -0.39 is 0 Å². The fourth-order valence-electron chi connectivity index (χ4n) is 4.54. The van der Waals surface area contributed by atoms with E-state index in [1.807, 2.05) is 42.5 Å². The highest BCUT2D eigenvalue weighted by Crippen LogP contribution is 2.27. The molecule has 0 atom stereocenters. The maximum absolute atomic E-state index is 12.7. The lowest BCUT2D eigenvalue weighted by Gasteiger charge is -2.47.